The Balaban J connectivity index is 2.22. The van der Waals surface area contributed by atoms with E-state index < -0.39 is 10.8 Å². The number of anilines is 1. The first-order chi connectivity index (χ1) is 9.47. The average molecular weight is 278 g/mol. The zero-order valence-electron chi connectivity index (χ0n) is 11.3. The van der Waals surface area contributed by atoms with Crippen LogP contribution in [0.5, 0.6) is 0 Å². The molecule has 2 rings (SSSR count). The molecule has 1 heterocycles. The molecule has 1 amide bonds. The first kappa shape index (κ1) is 14.3. The van der Waals surface area contributed by atoms with E-state index >= 15 is 0 Å². The van der Waals surface area contributed by atoms with Gasteiger partial charge in [0.15, 0.2) is 0 Å². The number of benzene rings is 1. The Kier molecular flexibility index (Phi) is 4.19. The van der Waals surface area contributed by atoms with Crippen molar-refractivity contribution in [1.82, 2.24) is 4.90 Å². The van der Waals surface area contributed by atoms with Crippen LogP contribution in [0.25, 0.3) is 0 Å². The molecule has 1 aliphatic heterocycles. The standard InChI is InChI=1S/C13H18N4O3/c1-16-6-2-3-10(8-16)15-11-5-4-9(13(14)18)7-12(11)17(19)20/h4-5,7,10,15H,2-3,6,8H2,1H3,(H2,14,18). The molecule has 1 aromatic rings. The second-order valence-corrected chi connectivity index (χ2v) is 5.10. The van der Waals surface area contributed by atoms with Crippen LogP contribution in [0.4, 0.5) is 11.4 Å². The van der Waals surface area contributed by atoms with Crippen molar-refractivity contribution in [2.24, 2.45) is 5.73 Å². The number of carbonyl (C=O) groups excluding carboxylic acids is 1. The highest BCUT2D eigenvalue weighted by atomic mass is 16.6. The largest absolute Gasteiger partial charge is 0.375 e. The van der Waals surface area contributed by atoms with Crippen molar-refractivity contribution < 1.29 is 9.72 Å². The summed E-state index contributed by atoms with van der Waals surface area (Å²) >= 11 is 0. The monoisotopic (exact) mass is 278 g/mol. The molecule has 0 aliphatic carbocycles. The normalized spacial score (nSPS) is 19.6. The second-order valence-electron chi connectivity index (χ2n) is 5.10. The van der Waals surface area contributed by atoms with Crippen molar-refractivity contribution >= 4 is 17.3 Å². The maximum Gasteiger partial charge on any atom is 0.293 e. The van der Waals surface area contributed by atoms with Crippen molar-refractivity contribution in [2.75, 3.05) is 25.5 Å². The molecule has 1 unspecified atom stereocenters. The van der Waals surface area contributed by atoms with E-state index in [0.29, 0.717) is 5.69 Å². The van der Waals surface area contributed by atoms with E-state index in [0.717, 1.165) is 25.9 Å². The third kappa shape index (κ3) is 3.24. The number of piperidine rings is 1. The number of nitrogens with two attached hydrogens (primary N) is 1. The van der Waals surface area contributed by atoms with Crippen LogP contribution in [0.3, 0.4) is 0 Å². The number of amides is 1. The maximum atomic E-state index is 11.1. The summed E-state index contributed by atoms with van der Waals surface area (Å²) in [6.07, 6.45) is 2.03. The van der Waals surface area contributed by atoms with E-state index in [1.807, 2.05) is 7.05 Å². The average Bonchev–Trinajstić information content (AvgIpc) is 2.38. The summed E-state index contributed by atoms with van der Waals surface area (Å²) < 4.78 is 0. The lowest BCUT2D eigenvalue weighted by Gasteiger charge is -2.30. The van der Waals surface area contributed by atoms with Crippen molar-refractivity contribution in [3.8, 4) is 0 Å². The number of rotatable bonds is 4. The summed E-state index contributed by atoms with van der Waals surface area (Å²) in [6.45, 7) is 1.88. The second kappa shape index (κ2) is 5.87. The van der Waals surface area contributed by atoms with Crippen LogP contribution in [-0.2, 0) is 0 Å². The van der Waals surface area contributed by atoms with Crippen molar-refractivity contribution in [1.29, 1.82) is 0 Å². The minimum Gasteiger partial charge on any atom is -0.375 e. The van der Waals surface area contributed by atoms with Crippen LogP contribution in [0.1, 0.15) is 23.2 Å². The Labute approximate surface area is 116 Å². The molecule has 7 heteroatoms. The molecule has 0 aromatic heterocycles. The van der Waals surface area contributed by atoms with Crippen LogP contribution in [0, 0.1) is 10.1 Å². The Morgan fingerprint density at radius 2 is 2.30 bits per heavy atom. The van der Waals surface area contributed by atoms with Gasteiger partial charge < -0.3 is 16.0 Å². The smallest absolute Gasteiger partial charge is 0.293 e. The SMILES string of the molecule is CN1CCCC(Nc2ccc(C(N)=O)cc2[N+](=O)[O-])C1. The van der Waals surface area contributed by atoms with Gasteiger partial charge in [0.25, 0.3) is 5.69 Å². The first-order valence-electron chi connectivity index (χ1n) is 6.50. The van der Waals surface area contributed by atoms with Gasteiger partial charge in [-0.2, -0.15) is 0 Å². The molecule has 1 fully saturated rings. The molecular formula is C13H18N4O3. The molecule has 1 aliphatic rings. The maximum absolute atomic E-state index is 11.1. The Hall–Kier alpha value is -2.15. The van der Waals surface area contributed by atoms with Gasteiger partial charge in [-0.1, -0.05) is 0 Å². The van der Waals surface area contributed by atoms with Crippen LogP contribution in [0.2, 0.25) is 0 Å². The molecule has 0 bridgehead atoms. The van der Waals surface area contributed by atoms with Crippen molar-refractivity contribution in [3.63, 3.8) is 0 Å². The van der Waals surface area contributed by atoms with Crippen molar-refractivity contribution in [2.45, 2.75) is 18.9 Å². The summed E-state index contributed by atoms with van der Waals surface area (Å²) in [6, 6.07) is 4.45. The zero-order chi connectivity index (χ0) is 14.7. The lowest BCUT2D eigenvalue weighted by Crippen LogP contribution is -2.39. The minimum absolute atomic E-state index is 0.116. The van der Waals surface area contributed by atoms with Gasteiger partial charge in [0.2, 0.25) is 5.91 Å². The molecule has 3 N–H and O–H groups in total. The van der Waals surface area contributed by atoms with Gasteiger partial charge in [-0.25, -0.2) is 0 Å². The number of nitrogens with zero attached hydrogens (tertiary/aromatic N) is 2. The molecule has 0 spiro atoms. The fraction of sp³-hybridized carbons (Fsp3) is 0.462. The highest BCUT2D eigenvalue weighted by Gasteiger charge is 2.22. The van der Waals surface area contributed by atoms with Gasteiger partial charge >= 0.3 is 0 Å². The van der Waals surface area contributed by atoms with Crippen LogP contribution in [-0.4, -0.2) is 41.9 Å². The molecular weight excluding hydrogens is 260 g/mol. The summed E-state index contributed by atoms with van der Waals surface area (Å²) in [5, 5.41) is 14.3. The van der Waals surface area contributed by atoms with Gasteiger partial charge in [-0.05, 0) is 38.6 Å². The number of likely N-dealkylation sites (N-methyl/N-ethyl adjacent to an activating group) is 1. The van der Waals surface area contributed by atoms with E-state index in [2.05, 4.69) is 10.2 Å². The molecule has 0 radical (unpaired) electrons. The van der Waals surface area contributed by atoms with E-state index in [1.54, 1.807) is 6.07 Å². The van der Waals surface area contributed by atoms with Gasteiger partial charge in [-0.15, -0.1) is 0 Å². The molecule has 1 atom stereocenters. The lowest BCUT2D eigenvalue weighted by atomic mass is 10.1. The summed E-state index contributed by atoms with van der Waals surface area (Å²) in [5.74, 6) is -0.669. The number of hydrogen-bond acceptors (Lipinski definition) is 5. The van der Waals surface area contributed by atoms with E-state index in [1.165, 1.54) is 12.1 Å². The quantitative estimate of drug-likeness (QED) is 0.636. The van der Waals surface area contributed by atoms with Crippen LogP contribution < -0.4 is 11.1 Å². The number of carbonyl (C=O) groups is 1. The predicted molar refractivity (Wildman–Crippen MR) is 75.8 cm³/mol. The Morgan fingerprint density at radius 3 is 2.90 bits per heavy atom. The van der Waals surface area contributed by atoms with E-state index in [4.69, 9.17) is 5.73 Å². The number of primary amides is 1. The van der Waals surface area contributed by atoms with Crippen molar-refractivity contribution in [3.05, 3.63) is 33.9 Å². The number of nitro benzene ring substituents is 1. The van der Waals surface area contributed by atoms with E-state index in [-0.39, 0.29) is 17.3 Å². The molecule has 0 saturated carbocycles. The lowest BCUT2D eigenvalue weighted by molar-refractivity contribution is -0.384. The summed E-state index contributed by atoms with van der Waals surface area (Å²) in [5.41, 5.74) is 5.60. The van der Waals surface area contributed by atoms with Crippen LogP contribution in [0.15, 0.2) is 18.2 Å². The van der Waals surface area contributed by atoms with Gasteiger partial charge in [0.05, 0.1) is 4.92 Å². The number of hydrogen-bond donors (Lipinski definition) is 2. The Morgan fingerprint density at radius 1 is 1.55 bits per heavy atom. The minimum atomic E-state index is -0.669. The molecule has 20 heavy (non-hydrogen) atoms. The third-order valence-corrected chi connectivity index (χ3v) is 3.46. The fourth-order valence-corrected chi connectivity index (χ4v) is 2.46. The third-order valence-electron chi connectivity index (χ3n) is 3.46. The van der Waals surface area contributed by atoms with Gasteiger partial charge in [0, 0.05) is 24.2 Å². The highest BCUT2D eigenvalue weighted by molar-refractivity contribution is 5.94. The number of nitro groups is 1. The van der Waals surface area contributed by atoms with Gasteiger partial charge in [0.1, 0.15) is 5.69 Å². The van der Waals surface area contributed by atoms with Crippen LogP contribution >= 0.6 is 0 Å². The first-order valence-corrected chi connectivity index (χ1v) is 6.50. The predicted octanol–water partition coefficient (Wildman–Crippen LogP) is 1.20. The van der Waals surface area contributed by atoms with Gasteiger partial charge in [-0.3, -0.25) is 14.9 Å². The Bertz CT molecular complexity index is 532. The van der Waals surface area contributed by atoms with E-state index in [9.17, 15) is 14.9 Å². The molecule has 7 nitrogen and oxygen atoms in total. The zero-order valence-corrected chi connectivity index (χ0v) is 11.3. The molecule has 1 saturated heterocycles. The topological polar surface area (TPSA) is 102 Å². The highest BCUT2D eigenvalue weighted by Crippen LogP contribution is 2.27. The fourth-order valence-electron chi connectivity index (χ4n) is 2.46. The summed E-state index contributed by atoms with van der Waals surface area (Å²) in [7, 11) is 2.03. The molecule has 1 aromatic carbocycles. The number of likely N-dealkylation sites (tertiary alicyclic amines) is 1. The number of nitrogens with one attached hydrogen (secondary N) is 1. The molecule has 108 valence electrons. The summed E-state index contributed by atoms with van der Waals surface area (Å²) in [4.78, 5) is 23.9.